The quantitative estimate of drug-likeness (QED) is 0.554. The summed E-state index contributed by atoms with van der Waals surface area (Å²) < 4.78 is 26.8. The molecule has 0 unspecified atom stereocenters. The second-order valence-corrected chi connectivity index (χ2v) is 4.30. The van der Waals surface area contributed by atoms with E-state index >= 15 is 0 Å². The summed E-state index contributed by atoms with van der Waals surface area (Å²) in [5, 5.41) is 0. The van der Waals surface area contributed by atoms with Gasteiger partial charge in [0.1, 0.15) is 0 Å². The summed E-state index contributed by atoms with van der Waals surface area (Å²) in [7, 11) is 0. The Morgan fingerprint density at radius 2 is 1.86 bits per heavy atom. The van der Waals surface area contributed by atoms with E-state index < -0.39 is 5.92 Å². The Balaban J connectivity index is 2.56. The molecule has 0 N–H and O–H groups in total. The second kappa shape index (κ2) is 5.56. The SMILES string of the molecule is FC(F)(CSCCCl)c1ccccc1. The van der Waals surface area contributed by atoms with Crippen LogP contribution in [0.5, 0.6) is 0 Å². The number of rotatable bonds is 5. The maximum atomic E-state index is 13.4. The van der Waals surface area contributed by atoms with Crippen molar-refractivity contribution in [1.29, 1.82) is 0 Å². The van der Waals surface area contributed by atoms with Crippen molar-refractivity contribution in [2.45, 2.75) is 5.92 Å². The number of hydrogen-bond acceptors (Lipinski definition) is 1. The fourth-order valence-corrected chi connectivity index (χ4v) is 2.02. The minimum Gasteiger partial charge on any atom is -0.200 e. The van der Waals surface area contributed by atoms with E-state index in [1.165, 1.54) is 23.9 Å². The average Bonchev–Trinajstić information content (AvgIpc) is 2.19. The normalized spacial score (nSPS) is 11.6. The van der Waals surface area contributed by atoms with Crippen molar-refractivity contribution < 1.29 is 8.78 Å². The van der Waals surface area contributed by atoms with Crippen LogP contribution in [0.4, 0.5) is 8.78 Å². The summed E-state index contributed by atoms with van der Waals surface area (Å²) in [6.45, 7) is 0. The van der Waals surface area contributed by atoms with Gasteiger partial charge in [0.15, 0.2) is 0 Å². The van der Waals surface area contributed by atoms with Gasteiger partial charge in [0.05, 0.1) is 5.75 Å². The summed E-state index contributed by atoms with van der Waals surface area (Å²) in [5.41, 5.74) is 0.0714. The zero-order valence-electron chi connectivity index (χ0n) is 7.55. The van der Waals surface area contributed by atoms with Crippen LogP contribution < -0.4 is 0 Å². The number of thioether (sulfide) groups is 1. The Morgan fingerprint density at radius 1 is 1.21 bits per heavy atom. The standard InChI is InChI=1S/C10H11ClF2S/c11-6-7-14-8-10(12,13)9-4-2-1-3-5-9/h1-5H,6-8H2. The highest BCUT2D eigenvalue weighted by Crippen LogP contribution is 2.31. The first-order chi connectivity index (χ1) is 6.67. The van der Waals surface area contributed by atoms with Gasteiger partial charge in [0.25, 0.3) is 5.92 Å². The molecule has 1 rings (SSSR count). The predicted octanol–water partition coefficient (Wildman–Crippen LogP) is 3.75. The molecule has 0 saturated heterocycles. The molecule has 0 saturated carbocycles. The van der Waals surface area contributed by atoms with Crippen molar-refractivity contribution in [2.75, 3.05) is 17.4 Å². The van der Waals surface area contributed by atoms with Crippen molar-refractivity contribution in [3.63, 3.8) is 0 Å². The smallest absolute Gasteiger partial charge is 0.200 e. The molecule has 0 bridgehead atoms. The van der Waals surface area contributed by atoms with Crippen molar-refractivity contribution in [2.24, 2.45) is 0 Å². The van der Waals surface area contributed by atoms with E-state index in [9.17, 15) is 8.78 Å². The molecular formula is C10H11ClF2S. The molecule has 0 amide bonds. The summed E-state index contributed by atoms with van der Waals surface area (Å²) in [4.78, 5) is 0. The van der Waals surface area contributed by atoms with Crippen LogP contribution in [0.15, 0.2) is 30.3 Å². The van der Waals surface area contributed by atoms with E-state index in [-0.39, 0.29) is 11.3 Å². The number of halogens is 3. The summed E-state index contributed by atoms with van der Waals surface area (Å²) in [5.74, 6) is -1.98. The van der Waals surface area contributed by atoms with Crippen LogP contribution in [-0.4, -0.2) is 17.4 Å². The summed E-state index contributed by atoms with van der Waals surface area (Å²) >= 11 is 6.58. The summed E-state index contributed by atoms with van der Waals surface area (Å²) in [6, 6.07) is 7.86. The zero-order valence-corrected chi connectivity index (χ0v) is 9.12. The first-order valence-corrected chi connectivity index (χ1v) is 5.93. The van der Waals surface area contributed by atoms with Crippen molar-refractivity contribution >= 4 is 23.4 Å². The maximum absolute atomic E-state index is 13.4. The lowest BCUT2D eigenvalue weighted by Crippen LogP contribution is -2.16. The third-order valence-corrected chi connectivity index (χ3v) is 3.17. The molecule has 0 atom stereocenters. The first kappa shape index (κ1) is 11.8. The van der Waals surface area contributed by atoms with Crippen LogP contribution in [0, 0.1) is 0 Å². The Bertz CT molecular complexity index is 264. The van der Waals surface area contributed by atoms with Crippen molar-refractivity contribution in [3.8, 4) is 0 Å². The van der Waals surface area contributed by atoms with E-state index in [1.54, 1.807) is 18.2 Å². The molecule has 0 aliphatic rings. The molecule has 1 aromatic rings. The van der Waals surface area contributed by atoms with Crippen LogP contribution >= 0.6 is 23.4 Å². The molecule has 0 aromatic heterocycles. The lowest BCUT2D eigenvalue weighted by atomic mass is 10.1. The minimum absolute atomic E-state index is 0.0714. The van der Waals surface area contributed by atoms with E-state index in [1.807, 2.05) is 0 Å². The molecule has 0 radical (unpaired) electrons. The third-order valence-electron chi connectivity index (χ3n) is 1.70. The lowest BCUT2D eigenvalue weighted by molar-refractivity contribution is 0.0232. The molecule has 0 aliphatic carbocycles. The van der Waals surface area contributed by atoms with Gasteiger partial charge in [-0.3, -0.25) is 0 Å². The molecule has 0 fully saturated rings. The van der Waals surface area contributed by atoms with E-state index in [0.717, 1.165) is 0 Å². The molecule has 78 valence electrons. The predicted molar refractivity (Wildman–Crippen MR) is 58.4 cm³/mol. The van der Waals surface area contributed by atoms with Gasteiger partial charge in [-0.15, -0.1) is 11.6 Å². The van der Waals surface area contributed by atoms with Gasteiger partial charge < -0.3 is 0 Å². The first-order valence-electron chi connectivity index (χ1n) is 4.24. The highest BCUT2D eigenvalue weighted by molar-refractivity contribution is 7.99. The molecule has 1 aromatic carbocycles. The number of benzene rings is 1. The highest BCUT2D eigenvalue weighted by atomic mass is 35.5. The minimum atomic E-state index is -2.75. The zero-order chi connectivity index (χ0) is 10.4. The molecule has 0 aliphatic heterocycles. The molecule has 0 nitrogen and oxygen atoms in total. The second-order valence-electron chi connectivity index (χ2n) is 2.81. The van der Waals surface area contributed by atoms with Crippen molar-refractivity contribution in [1.82, 2.24) is 0 Å². The largest absolute Gasteiger partial charge is 0.282 e. The fourth-order valence-electron chi connectivity index (χ4n) is 1.02. The monoisotopic (exact) mass is 236 g/mol. The van der Waals surface area contributed by atoms with Crippen molar-refractivity contribution in [3.05, 3.63) is 35.9 Å². The number of hydrogen-bond donors (Lipinski definition) is 0. The average molecular weight is 237 g/mol. The van der Waals surface area contributed by atoms with Crippen LogP contribution in [0.2, 0.25) is 0 Å². The molecule has 0 heterocycles. The Morgan fingerprint density at radius 3 is 2.43 bits per heavy atom. The topological polar surface area (TPSA) is 0 Å². The Labute approximate surface area is 91.6 Å². The molecule has 4 heteroatoms. The van der Waals surface area contributed by atoms with Gasteiger partial charge in [-0.25, -0.2) is 8.78 Å². The van der Waals surface area contributed by atoms with E-state index in [4.69, 9.17) is 11.6 Å². The van der Waals surface area contributed by atoms with Gasteiger partial charge in [0, 0.05) is 17.2 Å². The third kappa shape index (κ3) is 3.46. The van der Waals surface area contributed by atoms with E-state index in [0.29, 0.717) is 11.6 Å². The van der Waals surface area contributed by atoms with Crippen LogP contribution in [0.1, 0.15) is 5.56 Å². The highest BCUT2D eigenvalue weighted by Gasteiger charge is 2.30. The Hall–Kier alpha value is -0.280. The lowest BCUT2D eigenvalue weighted by Gasteiger charge is -2.15. The number of alkyl halides is 3. The van der Waals surface area contributed by atoms with Gasteiger partial charge in [-0.05, 0) is 0 Å². The van der Waals surface area contributed by atoms with Crippen LogP contribution in [0.25, 0.3) is 0 Å². The maximum Gasteiger partial charge on any atom is 0.282 e. The van der Waals surface area contributed by atoms with Gasteiger partial charge in [-0.2, -0.15) is 11.8 Å². The van der Waals surface area contributed by atoms with Crippen LogP contribution in [-0.2, 0) is 5.92 Å². The Kier molecular flexibility index (Phi) is 4.69. The summed E-state index contributed by atoms with van der Waals surface area (Å²) in [6.07, 6.45) is 0. The molecule has 14 heavy (non-hydrogen) atoms. The van der Waals surface area contributed by atoms with Crippen LogP contribution in [0.3, 0.4) is 0 Å². The molecule has 0 spiro atoms. The van der Waals surface area contributed by atoms with Gasteiger partial charge in [-0.1, -0.05) is 30.3 Å². The van der Waals surface area contributed by atoms with Gasteiger partial charge in [0.2, 0.25) is 0 Å². The van der Waals surface area contributed by atoms with E-state index in [2.05, 4.69) is 0 Å². The van der Waals surface area contributed by atoms with Gasteiger partial charge >= 0.3 is 0 Å². The fraction of sp³-hybridized carbons (Fsp3) is 0.400. The molecular weight excluding hydrogens is 226 g/mol.